The van der Waals surface area contributed by atoms with E-state index in [4.69, 9.17) is 14.2 Å². The molecular formula is C19H23NO4S. The molecule has 2 aromatic carbocycles. The lowest BCUT2D eigenvalue weighted by atomic mass is 10.2. The van der Waals surface area contributed by atoms with Crippen LogP contribution in [0.15, 0.2) is 47.4 Å². The van der Waals surface area contributed by atoms with Gasteiger partial charge in [-0.3, -0.25) is 4.79 Å². The number of ether oxygens (including phenoxy) is 3. The molecule has 1 amide bonds. The highest BCUT2D eigenvalue weighted by Crippen LogP contribution is 2.27. The third-order valence-electron chi connectivity index (χ3n) is 3.41. The van der Waals surface area contributed by atoms with Crippen molar-refractivity contribution in [3.63, 3.8) is 0 Å². The Morgan fingerprint density at radius 3 is 2.20 bits per heavy atom. The van der Waals surface area contributed by atoms with Gasteiger partial charge in [-0.15, -0.1) is 11.8 Å². The maximum atomic E-state index is 11.9. The highest BCUT2D eigenvalue weighted by Gasteiger charge is 2.06. The van der Waals surface area contributed by atoms with Crippen molar-refractivity contribution in [2.75, 3.05) is 33.1 Å². The molecule has 0 atom stereocenters. The predicted octanol–water partition coefficient (Wildman–Crippen LogP) is 3.30. The van der Waals surface area contributed by atoms with E-state index in [1.165, 1.54) is 10.5 Å². The lowest BCUT2D eigenvalue weighted by molar-refractivity contribution is -0.122. The molecule has 25 heavy (non-hydrogen) atoms. The van der Waals surface area contributed by atoms with Crippen LogP contribution in [0.4, 0.5) is 0 Å². The van der Waals surface area contributed by atoms with Crippen LogP contribution in [0, 0.1) is 6.92 Å². The standard InChI is InChI=1S/C19H23NO4S/c1-14-4-6-18(7-5-14)25-9-8-20-19(21)13-24-17-11-15(22-2)10-16(12-17)23-3/h4-7,10-12H,8-9,13H2,1-3H3,(H,20,21). The van der Waals surface area contributed by atoms with Gasteiger partial charge >= 0.3 is 0 Å². The van der Waals surface area contributed by atoms with Gasteiger partial charge in [-0.25, -0.2) is 0 Å². The van der Waals surface area contributed by atoms with E-state index in [-0.39, 0.29) is 12.5 Å². The zero-order chi connectivity index (χ0) is 18.1. The van der Waals surface area contributed by atoms with E-state index in [9.17, 15) is 4.79 Å². The van der Waals surface area contributed by atoms with Crippen LogP contribution in [0.1, 0.15) is 5.56 Å². The molecule has 0 saturated carbocycles. The first-order valence-corrected chi connectivity index (χ1v) is 8.91. The monoisotopic (exact) mass is 361 g/mol. The second-order valence-electron chi connectivity index (χ2n) is 5.35. The number of thioether (sulfide) groups is 1. The molecule has 0 saturated heterocycles. The first-order valence-electron chi connectivity index (χ1n) is 7.92. The van der Waals surface area contributed by atoms with Gasteiger partial charge < -0.3 is 19.5 Å². The molecule has 0 bridgehead atoms. The molecule has 134 valence electrons. The molecule has 0 aromatic heterocycles. The Labute approximate surface area is 152 Å². The van der Waals surface area contributed by atoms with Crippen molar-refractivity contribution in [3.05, 3.63) is 48.0 Å². The first-order chi connectivity index (χ1) is 12.1. The van der Waals surface area contributed by atoms with E-state index >= 15 is 0 Å². The number of carbonyl (C=O) groups excluding carboxylic acids is 1. The van der Waals surface area contributed by atoms with Crippen LogP contribution in [-0.4, -0.2) is 39.0 Å². The molecule has 1 N–H and O–H groups in total. The van der Waals surface area contributed by atoms with Gasteiger partial charge in [0.2, 0.25) is 0 Å². The molecular weight excluding hydrogens is 338 g/mol. The van der Waals surface area contributed by atoms with E-state index in [0.29, 0.717) is 23.8 Å². The summed E-state index contributed by atoms with van der Waals surface area (Å²) in [7, 11) is 3.13. The van der Waals surface area contributed by atoms with Crippen LogP contribution in [0.25, 0.3) is 0 Å². The SMILES string of the molecule is COc1cc(OC)cc(OCC(=O)NCCSc2ccc(C)cc2)c1. The summed E-state index contributed by atoms with van der Waals surface area (Å²) in [4.78, 5) is 13.1. The quantitative estimate of drug-likeness (QED) is 0.549. The summed E-state index contributed by atoms with van der Waals surface area (Å²) in [6.45, 7) is 2.60. The highest BCUT2D eigenvalue weighted by molar-refractivity contribution is 7.99. The Hall–Kier alpha value is -2.34. The minimum Gasteiger partial charge on any atom is -0.496 e. The fraction of sp³-hybridized carbons (Fsp3) is 0.316. The average Bonchev–Trinajstić information content (AvgIpc) is 2.64. The van der Waals surface area contributed by atoms with Crippen molar-refractivity contribution >= 4 is 17.7 Å². The summed E-state index contributed by atoms with van der Waals surface area (Å²) in [5, 5.41) is 2.84. The molecule has 0 unspecified atom stereocenters. The fourth-order valence-electron chi connectivity index (χ4n) is 2.06. The van der Waals surface area contributed by atoms with Gasteiger partial charge in [0, 0.05) is 35.4 Å². The number of methoxy groups -OCH3 is 2. The zero-order valence-corrected chi connectivity index (χ0v) is 15.5. The van der Waals surface area contributed by atoms with E-state index in [2.05, 4.69) is 36.5 Å². The summed E-state index contributed by atoms with van der Waals surface area (Å²) in [5.41, 5.74) is 1.24. The molecule has 2 rings (SSSR count). The Kier molecular flexibility index (Phi) is 7.47. The second-order valence-corrected chi connectivity index (χ2v) is 6.52. The minimum absolute atomic E-state index is 0.0501. The van der Waals surface area contributed by atoms with Gasteiger partial charge in [-0.05, 0) is 19.1 Å². The molecule has 6 heteroatoms. The van der Waals surface area contributed by atoms with E-state index < -0.39 is 0 Å². The molecule has 0 fully saturated rings. The molecule has 0 aliphatic rings. The minimum atomic E-state index is -0.161. The Bertz CT molecular complexity index is 666. The number of hydrogen-bond donors (Lipinski definition) is 1. The van der Waals surface area contributed by atoms with Gasteiger partial charge in [0.05, 0.1) is 14.2 Å². The topological polar surface area (TPSA) is 56.8 Å². The number of benzene rings is 2. The van der Waals surface area contributed by atoms with Crippen LogP contribution in [0.2, 0.25) is 0 Å². The maximum Gasteiger partial charge on any atom is 0.257 e. The van der Waals surface area contributed by atoms with Gasteiger partial charge in [-0.2, -0.15) is 0 Å². The normalized spacial score (nSPS) is 10.2. The van der Waals surface area contributed by atoms with E-state index in [0.717, 1.165) is 5.75 Å². The van der Waals surface area contributed by atoms with Gasteiger partial charge in [-0.1, -0.05) is 17.7 Å². The molecule has 0 aliphatic heterocycles. The number of hydrogen-bond acceptors (Lipinski definition) is 5. The van der Waals surface area contributed by atoms with Crippen LogP contribution < -0.4 is 19.5 Å². The zero-order valence-electron chi connectivity index (χ0n) is 14.7. The van der Waals surface area contributed by atoms with Crippen molar-refractivity contribution in [2.45, 2.75) is 11.8 Å². The second kappa shape index (κ2) is 9.84. The van der Waals surface area contributed by atoms with Crippen molar-refractivity contribution in [3.8, 4) is 17.2 Å². The number of rotatable bonds is 9. The van der Waals surface area contributed by atoms with Crippen LogP contribution in [0.3, 0.4) is 0 Å². The van der Waals surface area contributed by atoms with Crippen LogP contribution in [0.5, 0.6) is 17.2 Å². The van der Waals surface area contributed by atoms with Crippen LogP contribution >= 0.6 is 11.8 Å². The average molecular weight is 361 g/mol. The number of amides is 1. The number of carbonyl (C=O) groups is 1. The Morgan fingerprint density at radius 1 is 1.00 bits per heavy atom. The van der Waals surface area contributed by atoms with Crippen molar-refractivity contribution in [1.82, 2.24) is 5.32 Å². The summed E-state index contributed by atoms with van der Waals surface area (Å²) in [6.07, 6.45) is 0. The lowest BCUT2D eigenvalue weighted by Gasteiger charge is -2.10. The molecule has 0 heterocycles. The molecule has 0 spiro atoms. The van der Waals surface area contributed by atoms with E-state index in [1.807, 2.05) is 0 Å². The third kappa shape index (κ3) is 6.58. The smallest absolute Gasteiger partial charge is 0.257 e. The summed E-state index contributed by atoms with van der Waals surface area (Å²) >= 11 is 1.71. The largest absolute Gasteiger partial charge is 0.496 e. The van der Waals surface area contributed by atoms with Gasteiger partial charge in [0.25, 0.3) is 5.91 Å². The molecule has 0 aliphatic carbocycles. The number of aryl methyl sites for hydroxylation is 1. The van der Waals surface area contributed by atoms with Crippen molar-refractivity contribution < 1.29 is 19.0 Å². The van der Waals surface area contributed by atoms with E-state index in [1.54, 1.807) is 44.2 Å². The summed E-state index contributed by atoms with van der Waals surface area (Å²) in [5.74, 6) is 2.40. The van der Waals surface area contributed by atoms with Gasteiger partial charge in [0.15, 0.2) is 6.61 Å². The maximum absolute atomic E-state index is 11.9. The highest BCUT2D eigenvalue weighted by atomic mass is 32.2. The first kappa shape index (κ1) is 19.0. The molecule has 0 radical (unpaired) electrons. The summed E-state index contributed by atoms with van der Waals surface area (Å²) < 4.78 is 15.8. The van der Waals surface area contributed by atoms with Crippen molar-refractivity contribution in [2.24, 2.45) is 0 Å². The molecule has 2 aromatic rings. The summed E-state index contributed by atoms with van der Waals surface area (Å²) in [6, 6.07) is 13.5. The lowest BCUT2D eigenvalue weighted by Crippen LogP contribution is -2.30. The Morgan fingerprint density at radius 2 is 1.60 bits per heavy atom. The van der Waals surface area contributed by atoms with Gasteiger partial charge in [0.1, 0.15) is 17.2 Å². The Balaban J connectivity index is 1.71. The molecule has 5 nitrogen and oxygen atoms in total. The number of nitrogens with one attached hydrogen (secondary N) is 1. The van der Waals surface area contributed by atoms with Crippen LogP contribution in [-0.2, 0) is 4.79 Å². The van der Waals surface area contributed by atoms with Crippen molar-refractivity contribution in [1.29, 1.82) is 0 Å². The predicted molar refractivity (Wildman–Crippen MR) is 100.0 cm³/mol. The fourth-order valence-corrected chi connectivity index (χ4v) is 2.83. The third-order valence-corrected chi connectivity index (χ3v) is 4.42.